The smallest absolute Gasteiger partial charge is 0.269 e. The summed E-state index contributed by atoms with van der Waals surface area (Å²) in [7, 11) is 0. The standard InChI is InChI=1S/C13H13N3O2/c17-9-4-1-3-8(7-9)11-12-10(5-2-6-14-12)13(18)16-15-11/h1,3-4,7,14,17H,2,5-6H2,(H,16,18). The van der Waals surface area contributed by atoms with Crippen molar-refractivity contribution in [3.05, 3.63) is 40.2 Å². The zero-order chi connectivity index (χ0) is 12.5. The highest BCUT2D eigenvalue weighted by atomic mass is 16.3. The first-order valence-corrected chi connectivity index (χ1v) is 5.90. The minimum atomic E-state index is -0.138. The van der Waals surface area contributed by atoms with Gasteiger partial charge in [0.25, 0.3) is 5.56 Å². The van der Waals surface area contributed by atoms with Gasteiger partial charge in [0, 0.05) is 17.7 Å². The fourth-order valence-electron chi connectivity index (χ4n) is 2.26. The predicted octanol–water partition coefficient (Wildman–Crippen LogP) is 1.50. The molecule has 0 saturated heterocycles. The minimum Gasteiger partial charge on any atom is -0.508 e. The molecule has 1 aromatic heterocycles. The Bertz CT molecular complexity index is 649. The molecule has 1 aliphatic heterocycles. The van der Waals surface area contributed by atoms with E-state index < -0.39 is 0 Å². The van der Waals surface area contributed by atoms with Crippen molar-refractivity contribution in [1.29, 1.82) is 0 Å². The number of fused-ring (bicyclic) bond motifs is 1. The Morgan fingerprint density at radius 1 is 1.33 bits per heavy atom. The van der Waals surface area contributed by atoms with E-state index in [2.05, 4.69) is 15.5 Å². The third-order valence-corrected chi connectivity index (χ3v) is 3.11. The highest BCUT2D eigenvalue weighted by Crippen LogP contribution is 2.30. The molecule has 5 nitrogen and oxygen atoms in total. The normalized spacial score (nSPS) is 13.8. The van der Waals surface area contributed by atoms with E-state index in [1.54, 1.807) is 18.2 Å². The van der Waals surface area contributed by atoms with Crippen LogP contribution < -0.4 is 10.9 Å². The maximum atomic E-state index is 11.7. The summed E-state index contributed by atoms with van der Waals surface area (Å²) in [6.45, 7) is 0.837. The number of hydrogen-bond donors (Lipinski definition) is 3. The van der Waals surface area contributed by atoms with Crippen LogP contribution in [0.25, 0.3) is 11.3 Å². The van der Waals surface area contributed by atoms with E-state index in [1.807, 2.05) is 6.07 Å². The number of anilines is 1. The second kappa shape index (κ2) is 4.18. The molecule has 3 rings (SSSR count). The van der Waals surface area contributed by atoms with Crippen molar-refractivity contribution in [3.63, 3.8) is 0 Å². The van der Waals surface area contributed by atoms with Crippen molar-refractivity contribution in [1.82, 2.24) is 10.2 Å². The van der Waals surface area contributed by atoms with E-state index in [0.717, 1.165) is 36.2 Å². The van der Waals surface area contributed by atoms with Gasteiger partial charge in [-0.1, -0.05) is 12.1 Å². The van der Waals surface area contributed by atoms with Gasteiger partial charge in [-0.05, 0) is 25.0 Å². The van der Waals surface area contributed by atoms with Crippen LogP contribution in [0, 0.1) is 0 Å². The van der Waals surface area contributed by atoms with Crippen LogP contribution in [0.4, 0.5) is 5.69 Å². The minimum absolute atomic E-state index is 0.138. The van der Waals surface area contributed by atoms with Crippen LogP contribution in [0.1, 0.15) is 12.0 Å². The van der Waals surface area contributed by atoms with E-state index in [4.69, 9.17) is 0 Å². The highest BCUT2D eigenvalue weighted by molar-refractivity contribution is 5.77. The number of nitrogens with one attached hydrogen (secondary N) is 2. The summed E-state index contributed by atoms with van der Waals surface area (Å²) in [5, 5.41) is 19.3. The van der Waals surface area contributed by atoms with E-state index in [9.17, 15) is 9.90 Å². The maximum absolute atomic E-state index is 11.7. The largest absolute Gasteiger partial charge is 0.508 e. The number of aromatic nitrogens is 2. The quantitative estimate of drug-likeness (QED) is 0.709. The lowest BCUT2D eigenvalue weighted by Crippen LogP contribution is -2.24. The summed E-state index contributed by atoms with van der Waals surface area (Å²) in [5.74, 6) is 0.185. The second-order valence-corrected chi connectivity index (χ2v) is 4.34. The van der Waals surface area contributed by atoms with Gasteiger partial charge in [0.15, 0.2) is 0 Å². The number of benzene rings is 1. The van der Waals surface area contributed by atoms with E-state index >= 15 is 0 Å². The van der Waals surface area contributed by atoms with Crippen molar-refractivity contribution in [2.45, 2.75) is 12.8 Å². The van der Waals surface area contributed by atoms with E-state index in [-0.39, 0.29) is 11.3 Å². The first-order valence-electron chi connectivity index (χ1n) is 5.90. The zero-order valence-corrected chi connectivity index (χ0v) is 9.73. The fourth-order valence-corrected chi connectivity index (χ4v) is 2.26. The number of rotatable bonds is 1. The van der Waals surface area contributed by atoms with Gasteiger partial charge in [-0.15, -0.1) is 0 Å². The van der Waals surface area contributed by atoms with Gasteiger partial charge >= 0.3 is 0 Å². The SMILES string of the molecule is O=c1[nH]nc(-c2cccc(O)c2)c2c1CCCN2. The van der Waals surface area contributed by atoms with Crippen molar-refractivity contribution in [2.24, 2.45) is 0 Å². The molecule has 0 saturated carbocycles. The lowest BCUT2D eigenvalue weighted by atomic mass is 10.0. The summed E-state index contributed by atoms with van der Waals surface area (Å²) in [4.78, 5) is 11.7. The first-order chi connectivity index (χ1) is 8.75. The number of aromatic hydroxyl groups is 1. The van der Waals surface area contributed by atoms with Gasteiger partial charge < -0.3 is 10.4 Å². The predicted molar refractivity (Wildman–Crippen MR) is 68.8 cm³/mol. The van der Waals surface area contributed by atoms with Gasteiger partial charge in [0.1, 0.15) is 11.4 Å². The summed E-state index contributed by atoms with van der Waals surface area (Å²) in [6, 6.07) is 6.86. The molecule has 0 atom stereocenters. The van der Waals surface area contributed by atoms with Gasteiger partial charge in [0.2, 0.25) is 0 Å². The molecule has 0 amide bonds. The Hall–Kier alpha value is -2.30. The summed E-state index contributed by atoms with van der Waals surface area (Å²) in [5.41, 5.74) is 2.86. The van der Waals surface area contributed by atoms with Crippen molar-refractivity contribution < 1.29 is 5.11 Å². The van der Waals surface area contributed by atoms with Crippen LogP contribution in [0.5, 0.6) is 5.75 Å². The molecular weight excluding hydrogens is 230 g/mol. The molecule has 3 N–H and O–H groups in total. The van der Waals surface area contributed by atoms with Crippen LogP contribution in [0.15, 0.2) is 29.1 Å². The van der Waals surface area contributed by atoms with Gasteiger partial charge in [-0.25, -0.2) is 5.10 Å². The summed E-state index contributed by atoms with van der Waals surface area (Å²) in [6.07, 6.45) is 1.70. The fraction of sp³-hybridized carbons (Fsp3) is 0.231. The van der Waals surface area contributed by atoms with Crippen molar-refractivity contribution in [2.75, 3.05) is 11.9 Å². The molecular formula is C13H13N3O2. The zero-order valence-electron chi connectivity index (χ0n) is 9.73. The third-order valence-electron chi connectivity index (χ3n) is 3.11. The molecule has 2 heterocycles. The third kappa shape index (κ3) is 1.73. The highest BCUT2D eigenvalue weighted by Gasteiger charge is 2.18. The average Bonchev–Trinajstić information content (AvgIpc) is 2.39. The topological polar surface area (TPSA) is 78.0 Å². The number of hydrogen-bond acceptors (Lipinski definition) is 4. The van der Waals surface area contributed by atoms with Crippen LogP contribution in [-0.2, 0) is 6.42 Å². The van der Waals surface area contributed by atoms with Crippen LogP contribution in [-0.4, -0.2) is 21.8 Å². The molecule has 0 aliphatic carbocycles. The van der Waals surface area contributed by atoms with Crippen LogP contribution >= 0.6 is 0 Å². The number of phenolic OH excluding ortho intramolecular Hbond substituents is 1. The second-order valence-electron chi connectivity index (χ2n) is 4.34. The van der Waals surface area contributed by atoms with Crippen molar-refractivity contribution in [3.8, 4) is 17.0 Å². The molecule has 0 bridgehead atoms. The van der Waals surface area contributed by atoms with Gasteiger partial charge in [-0.3, -0.25) is 4.79 Å². The van der Waals surface area contributed by atoms with E-state index in [1.165, 1.54) is 0 Å². The molecule has 0 unspecified atom stereocenters. The lowest BCUT2D eigenvalue weighted by molar-refractivity contribution is 0.475. The maximum Gasteiger partial charge on any atom is 0.269 e. The summed E-state index contributed by atoms with van der Waals surface area (Å²) < 4.78 is 0. The molecule has 1 aromatic carbocycles. The van der Waals surface area contributed by atoms with Gasteiger partial charge in [0.05, 0.1) is 5.69 Å². The lowest BCUT2D eigenvalue weighted by Gasteiger charge is -2.19. The number of phenols is 1. The number of H-pyrrole nitrogens is 1. The van der Waals surface area contributed by atoms with E-state index in [0.29, 0.717) is 5.69 Å². The Morgan fingerprint density at radius 2 is 2.22 bits per heavy atom. The monoisotopic (exact) mass is 243 g/mol. The summed E-state index contributed by atoms with van der Waals surface area (Å²) >= 11 is 0. The molecule has 18 heavy (non-hydrogen) atoms. The van der Waals surface area contributed by atoms with Crippen LogP contribution in [0.2, 0.25) is 0 Å². The molecule has 2 aromatic rings. The first kappa shape index (κ1) is 10.8. The molecule has 0 fully saturated rings. The Labute approximate surface area is 103 Å². The Kier molecular flexibility index (Phi) is 2.51. The molecule has 5 heteroatoms. The Balaban J connectivity index is 2.21. The average molecular weight is 243 g/mol. The molecule has 0 spiro atoms. The Morgan fingerprint density at radius 3 is 3.06 bits per heavy atom. The van der Waals surface area contributed by atoms with Gasteiger partial charge in [-0.2, -0.15) is 5.10 Å². The number of nitrogens with zero attached hydrogens (tertiary/aromatic N) is 1. The molecule has 1 aliphatic rings. The molecule has 0 radical (unpaired) electrons. The number of aromatic amines is 1. The van der Waals surface area contributed by atoms with Crippen LogP contribution in [0.3, 0.4) is 0 Å². The van der Waals surface area contributed by atoms with Crippen molar-refractivity contribution >= 4 is 5.69 Å². The molecule has 92 valence electrons.